The highest BCUT2D eigenvalue weighted by molar-refractivity contribution is 5.80. The topological polar surface area (TPSA) is 128 Å². The first-order chi connectivity index (χ1) is 15.9. The number of nitro benzene ring substituents is 1. The number of carboxylic acid groups (broad SMARTS) is 1. The van der Waals surface area contributed by atoms with E-state index in [0.29, 0.717) is 11.3 Å². The van der Waals surface area contributed by atoms with E-state index in [0.717, 1.165) is 11.1 Å². The van der Waals surface area contributed by atoms with Gasteiger partial charge in [-0.05, 0) is 22.8 Å². The molecule has 0 aliphatic carbocycles. The van der Waals surface area contributed by atoms with Crippen LogP contribution in [0.4, 0.5) is 10.5 Å². The summed E-state index contributed by atoms with van der Waals surface area (Å²) < 4.78 is 10.7. The predicted octanol–water partition coefficient (Wildman–Crippen LogP) is 4.10. The minimum absolute atomic E-state index is 0.0322. The molecule has 0 heterocycles. The van der Waals surface area contributed by atoms with Crippen LogP contribution in [-0.4, -0.2) is 28.1 Å². The number of hydrogen-bond acceptors (Lipinski definition) is 6. The molecule has 9 nitrogen and oxygen atoms in total. The fourth-order valence-corrected chi connectivity index (χ4v) is 2.97. The van der Waals surface area contributed by atoms with Gasteiger partial charge < -0.3 is 19.9 Å². The molecule has 1 amide bonds. The Morgan fingerprint density at radius 1 is 0.909 bits per heavy atom. The number of alkyl carbamates (subject to hydrolysis) is 1. The van der Waals surface area contributed by atoms with Crippen molar-refractivity contribution in [2.45, 2.75) is 25.7 Å². The van der Waals surface area contributed by atoms with Crippen LogP contribution in [0, 0.1) is 10.1 Å². The summed E-state index contributed by atoms with van der Waals surface area (Å²) in [7, 11) is 0. The molecule has 0 saturated carbocycles. The van der Waals surface area contributed by atoms with Crippen LogP contribution in [0.2, 0.25) is 0 Å². The van der Waals surface area contributed by atoms with Crippen molar-refractivity contribution in [3.05, 3.63) is 106 Å². The van der Waals surface area contributed by atoms with Gasteiger partial charge in [0.25, 0.3) is 5.69 Å². The number of benzene rings is 3. The molecule has 3 rings (SSSR count). The zero-order valence-corrected chi connectivity index (χ0v) is 17.5. The van der Waals surface area contributed by atoms with Gasteiger partial charge in [0.2, 0.25) is 0 Å². The Labute approximate surface area is 189 Å². The van der Waals surface area contributed by atoms with Crippen molar-refractivity contribution in [2.75, 3.05) is 0 Å². The molecule has 0 aromatic heterocycles. The Morgan fingerprint density at radius 2 is 1.58 bits per heavy atom. The maximum atomic E-state index is 12.1. The van der Waals surface area contributed by atoms with Crippen LogP contribution in [0.15, 0.2) is 78.9 Å². The zero-order valence-electron chi connectivity index (χ0n) is 17.5. The highest BCUT2D eigenvalue weighted by atomic mass is 16.6. The van der Waals surface area contributed by atoms with Gasteiger partial charge in [-0.3, -0.25) is 10.1 Å². The quantitative estimate of drug-likeness (QED) is 0.352. The lowest BCUT2D eigenvalue weighted by Crippen LogP contribution is -2.42. The number of amides is 1. The van der Waals surface area contributed by atoms with Crippen molar-refractivity contribution < 1.29 is 29.1 Å². The number of nitrogens with one attached hydrogen (secondary N) is 1. The van der Waals surface area contributed by atoms with Gasteiger partial charge in [0.05, 0.1) is 11.0 Å². The summed E-state index contributed by atoms with van der Waals surface area (Å²) in [6.45, 7) is 0.179. The molecule has 0 spiro atoms. The summed E-state index contributed by atoms with van der Waals surface area (Å²) in [5.41, 5.74) is 2.27. The monoisotopic (exact) mass is 450 g/mol. The molecule has 0 aliphatic heterocycles. The normalized spacial score (nSPS) is 11.3. The number of carbonyl (C=O) groups is 2. The van der Waals surface area contributed by atoms with Crippen LogP contribution < -0.4 is 10.1 Å². The summed E-state index contributed by atoms with van der Waals surface area (Å²) in [6, 6.07) is 20.9. The predicted molar refractivity (Wildman–Crippen MR) is 119 cm³/mol. The first-order valence-corrected chi connectivity index (χ1v) is 10.1. The molecule has 0 saturated heterocycles. The van der Waals surface area contributed by atoms with Crippen LogP contribution in [0.3, 0.4) is 0 Å². The van der Waals surface area contributed by atoms with E-state index in [2.05, 4.69) is 5.32 Å². The van der Waals surface area contributed by atoms with Crippen molar-refractivity contribution >= 4 is 17.7 Å². The second kappa shape index (κ2) is 11.3. The Morgan fingerprint density at radius 3 is 2.21 bits per heavy atom. The molecule has 1 atom stereocenters. The minimum atomic E-state index is -1.15. The summed E-state index contributed by atoms with van der Waals surface area (Å²) >= 11 is 0. The van der Waals surface area contributed by atoms with E-state index in [-0.39, 0.29) is 25.3 Å². The van der Waals surface area contributed by atoms with Gasteiger partial charge in [-0.1, -0.05) is 60.7 Å². The number of carbonyl (C=O) groups excluding carboxylic acids is 1. The molecular weight excluding hydrogens is 428 g/mol. The second-order valence-corrected chi connectivity index (χ2v) is 7.16. The number of ether oxygens (including phenoxy) is 2. The third-order valence-corrected chi connectivity index (χ3v) is 4.70. The molecule has 2 N–H and O–H groups in total. The lowest BCUT2D eigenvalue weighted by Gasteiger charge is -2.15. The smallest absolute Gasteiger partial charge is 0.408 e. The first-order valence-electron chi connectivity index (χ1n) is 10.1. The Kier molecular flexibility index (Phi) is 7.96. The van der Waals surface area contributed by atoms with Crippen molar-refractivity contribution in [2.24, 2.45) is 0 Å². The van der Waals surface area contributed by atoms with Crippen LogP contribution in [0.5, 0.6) is 5.75 Å². The van der Waals surface area contributed by atoms with Gasteiger partial charge in [-0.25, -0.2) is 9.59 Å². The van der Waals surface area contributed by atoms with Gasteiger partial charge >= 0.3 is 12.1 Å². The van der Waals surface area contributed by atoms with Crippen molar-refractivity contribution in [3.8, 4) is 5.75 Å². The van der Waals surface area contributed by atoms with E-state index in [9.17, 15) is 24.8 Å². The van der Waals surface area contributed by atoms with E-state index in [1.54, 1.807) is 60.7 Å². The number of carboxylic acids is 1. The molecular formula is C24H22N2O7. The van der Waals surface area contributed by atoms with Crippen molar-refractivity contribution in [1.82, 2.24) is 5.32 Å². The maximum Gasteiger partial charge on any atom is 0.408 e. The zero-order chi connectivity index (χ0) is 23.6. The molecule has 0 fully saturated rings. The van der Waals surface area contributed by atoms with Crippen LogP contribution in [0.25, 0.3) is 0 Å². The standard InChI is InChI=1S/C24H22N2O7/c27-23(28)22(13-17-5-2-1-3-6-17)25-24(29)33-16-19-11-9-18(10-12-19)15-32-21-8-4-7-20(14-21)26(30)31/h1-12,14,22H,13,15-16H2,(H,25,29)(H,27,28)/t22-/m1/s1. The molecule has 170 valence electrons. The fraction of sp³-hybridized carbons (Fsp3) is 0.167. The van der Waals surface area contributed by atoms with Crippen LogP contribution >= 0.6 is 0 Å². The lowest BCUT2D eigenvalue weighted by atomic mass is 10.1. The third-order valence-electron chi connectivity index (χ3n) is 4.70. The average molecular weight is 450 g/mol. The van der Waals surface area contributed by atoms with Crippen LogP contribution in [0.1, 0.15) is 16.7 Å². The number of nitro groups is 1. The van der Waals surface area contributed by atoms with Gasteiger partial charge in [-0.15, -0.1) is 0 Å². The van der Waals surface area contributed by atoms with Crippen molar-refractivity contribution in [3.63, 3.8) is 0 Å². The van der Waals surface area contributed by atoms with E-state index >= 15 is 0 Å². The van der Waals surface area contributed by atoms with Crippen molar-refractivity contribution in [1.29, 1.82) is 0 Å². The fourth-order valence-electron chi connectivity index (χ4n) is 2.97. The van der Waals surface area contributed by atoms with E-state index in [1.165, 1.54) is 12.1 Å². The third kappa shape index (κ3) is 7.35. The van der Waals surface area contributed by atoms with Gasteiger partial charge in [0.1, 0.15) is 25.0 Å². The molecule has 3 aromatic carbocycles. The Balaban J connectivity index is 1.47. The molecule has 3 aromatic rings. The van der Waals surface area contributed by atoms with Gasteiger partial charge in [0.15, 0.2) is 0 Å². The molecule has 0 radical (unpaired) electrons. The maximum absolute atomic E-state index is 12.1. The lowest BCUT2D eigenvalue weighted by molar-refractivity contribution is -0.384. The summed E-state index contributed by atoms with van der Waals surface area (Å²) in [5, 5.41) is 22.6. The molecule has 0 unspecified atom stereocenters. The van der Waals surface area contributed by atoms with E-state index < -0.39 is 23.0 Å². The second-order valence-electron chi connectivity index (χ2n) is 7.16. The van der Waals surface area contributed by atoms with Crippen LogP contribution in [-0.2, 0) is 29.2 Å². The van der Waals surface area contributed by atoms with E-state index in [1.807, 2.05) is 6.07 Å². The number of nitrogens with zero attached hydrogens (tertiary/aromatic N) is 1. The highest BCUT2D eigenvalue weighted by Crippen LogP contribution is 2.20. The van der Waals surface area contributed by atoms with E-state index in [4.69, 9.17) is 9.47 Å². The molecule has 0 aliphatic rings. The number of aliphatic carboxylic acids is 1. The summed E-state index contributed by atoms with van der Waals surface area (Å²) in [5.74, 6) is -0.763. The van der Waals surface area contributed by atoms with Gasteiger partial charge in [-0.2, -0.15) is 0 Å². The highest BCUT2D eigenvalue weighted by Gasteiger charge is 2.21. The summed E-state index contributed by atoms with van der Waals surface area (Å²) in [6.07, 6.45) is -0.679. The molecule has 33 heavy (non-hydrogen) atoms. The minimum Gasteiger partial charge on any atom is -0.489 e. The largest absolute Gasteiger partial charge is 0.489 e. The number of hydrogen-bond donors (Lipinski definition) is 2. The molecule has 0 bridgehead atoms. The first kappa shape index (κ1) is 23.3. The Bertz CT molecular complexity index is 1100. The Hall–Kier alpha value is -4.40. The molecule has 9 heteroatoms. The van der Waals surface area contributed by atoms with Gasteiger partial charge in [0, 0.05) is 12.5 Å². The number of non-ortho nitro benzene ring substituents is 1. The number of rotatable bonds is 10. The SMILES string of the molecule is O=C(N[C@H](Cc1ccccc1)C(=O)O)OCc1ccc(COc2cccc([N+](=O)[O-])c2)cc1. The average Bonchev–Trinajstić information content (AvgIpc) is 2.82. The summed E-state index contributed by atoms with van der Waals surface area (Å²) in [4.78, 5) is 33.9.